The largest absolute Gasteiger partial charge is 0.307 e. The van der Waals surface area contributed by atoms with Gasteiger partial charge >= 0.3 is 0 Å². The Kier molecular flexibility index (Phi) is 1.86. The van der Waals surface area contributed by atoms with E-state index in [9.17, 15) is 0 Å². The first kappa shape index (κ1) is 5.57. The molecule has 0 bridgehead atoms. The zero-order valence-electron chi connectivity index (χ0n) is 5.09. The molecule has 1 N–H and O–H groups in total. The quantitative estimate of drug-likeness (QED) is 0.559. The molecule has 0 aromatic rings. The van der Waals surface area contributed by atoms with Gasteiger partial charge in [-0.15, -0.1) is 0 Å². The molecule has 0 saturated carbocycles. The van der Waals surface area contributed by atoms with Gasteiger partial charge in [-0.25, -0.2) is 0 Å². The number of hydrogen-bond acceptors (Lipinski definition) is 1. The van der Waals surface area contributed by atoms with Crippen LogP contribution < -0.4 is 5.32 Å². The maximum atomic E-state index is 3.27. The Morgan fingerprint density at radius 3 is 2.50 bits per heavy atom. The zero-order chi connectivity index (χ0) is 5.82. The SMILES string of the molecule is CCNC1C=CC=C1. The van der Waals surface area contributed by atoms with Gasteiger partial charge in [0, 0.05) is 6.04 Å². The highest BCUT2D eigenvalue weighted by molar-refractivity contribution is 5.20. The summed E-state index contributed by atoms with van der Waals surface area (Å²) < 4.78 is 0. The van der Waals surface area contributed by atoms with E-state index in [4.69, 9.17) is 0 Å². The van der Waals surface area contributed by atoms with Crippen LogP contribution in [0, 0.1) is 0 Å². The van der Waals surface area contributed by atoms with Crippen molar-refractivity contribution in [3.05, 3.63) is 24.3 Å². The minimum absolute atomic E-state index is 0.500. The Labute approximate surface area is 50.1 Å². The third-order valence-electron chi connectivity index (χ3n) is 1.19. The fraction of sp³-hybridized carbons (Fsp3) is 0.429. The van der Waals surface area contributed by atoms with Gasteiger partial charge in [-0.05, 0) is 6.54 Å². The molecule has 0 aliphatic heterocycles. The van der Waals surface area contributed by atoms with E-state index in [0.717, 1.165) is 6.54 Å². The van der Waals surface area contributed by atoms with Crippen LogP contribution in [0.4, 0.5) is 0 Å². The van der Waals surface area contributed by atoms with Crippen molar-refractivity contribution in [2.24, 2.45) is 0 Å². The minimum atomic E-state index is 0.500. The maximum Gasteiger partial charge on any atom is 0.0441 e. The fourth-order valence-electron chi connectivity index (χ4n) is 0.804. The Morgan fingerprint density at radius 1 is 1.38 bits per heavy atom. The molecule has 0 atom stereocenters. The van der Waals surface area contributed by atoms with Crippen molar-refractivity contribution in [2.45, 2.75) is 13.0 Å². The van der Waals surface area contributed by atoms with Crippen LogP contribution in [-0.4, -0.2) is 12.6 Å². The highest BCUT2D eigenvalue weighted by Gasteiger charge is 1.97. The molecule has 0 aromatic carbocycles. The minimum Gasteiger partial charge on any atom is -0.307 e. The van der Waals surface area contributed by atoms with Gasteiger partial charge in [0.05, 0.1) is 0 Å². The van der Waals surface area contributed by atoms with E-state index in [2.05, 4.69) is 36.5 Å². The van der Waals surface area contributed by atoms with Crippen LogP contribution >= 0.6 is 0 Å². The molecular formula is C7H11N. The van der Waals surface area contributed by atoms with E-state index in [0.29, 0.717) is 6.04 Å². The predicted molar refractivity (Wildman–Crippen MR) is 35.7 cm³/mol. The summed E-state index contributed by atoms with van der Waals surface area (Å²) in [7, 11) is 0. The van der Waals surface area contributed by atoms with Crippen LogP contribution in [0.15, 0.2) is 24.3 Å². The van der Waals surface area contributed by atoms with Gasteiger partial charge in [0.15, 0.2) is 0 Å². The first-order valence-corrected chi connectivity index (χ1v) is 3.02. The molecule has 1 aliphatic rings. The maximum absolute atomic E-state index is 3.27. The highest BCUT2D eigenvalue weighted by atomic mass is 14.9. The number of rotatable bonds is 2. The molecule has 0 fully saturated rings. The summed E-state index contributed by atoms with van der Waals surface area (Å²) in [6, 6.07) is 0.500. The number of nitrogens with one attached hydrogen (secondary N) is 1. The summed E-state index contributed by atoms with van der Waals surface area (Å²) in [5.74, 6) is 0. The lowest BCUT2D eigenvalue weighted by molar-refractivity contribution is 0.712. The summed E-state index contributed by atoms with van der Waals surface area (Å²) in [6.07, 6.45) is 8.41. The topological polar surface area (TPSA) is 12.0 Å². The van der Waals surface area contributed by atoms with Gasteiger partial charge in [0.25, 0.3) is 0 Å². The Morgan fingerprint density at radius 2 is 2.00 bits per heavy atom. The summed E-state index contributed by atoms with van der Waals surface area (Å²) in [4.78, 5) is 0. The van der Waals surface area contributed by atoms with Crippen molar-refractivity contribution >= 4 is 0 Å². The number of allylic oxidation sites excluding steroid dienone is 2. The van der Waals surface area contributed by atoms with Gasteiger partial charge in [0.2, 0.25) is 0 Å². The standard InChI is InChI=1S/C7H11N/c1-2-8-7-5-3-4-6-7/h3-8H,2H2,1H3. The third-order valence-corrected chi connectivity index (χ3v) is 1.19. The smallest absolute Gasteiger partial charge is 0.0441 e. The monoisotopic (exact) mass is 109 g/mol. The predicted octanol–water partition coefficient (Wildman–Crippen LogP) is 1.09. The molecule has 1 rings (SSSR count). The van der Waals surface area contributed by atoms with Crippen LogP contribution in [0.2, 0.25) is 0 Å². The average Bonchev–Trinajstić information content (AvgIpc) is 2.19. The molecular weight excluding hydrogens is 98.1 g/mol. The molecule has 0 amide bonds. The lowest BCUT2D eigenvalue weighted by atomic mass is 10.3. The Hall–Kier alpha value is -0.560. The van der Waals surface area contributed by atoms with Crippen LogP contribution in [0.3, 0.4) is 0 Å². The first-order valence-electron chi connectivity index (χ1n) is 3.02. The van der Waals surface area contributed by atoms with Gasteiger partial charge < -0.3 is 5.32 Å². The fourth-order valence-corrected chi connectivity index (χ4v) is 0.804. The van der Waals surface area contributed by atoms with Crippen molar-refractivity contribution in [1.82, 2.24) is 5.32 Å². The second-order valence-corrected chi connectivity index (χ2v) is 1.85. The van der Waals surface area contributed by atoms with Crippen LogP contribution in [0.25, 0.3) is 0 Å². The first-order chi connectivity index (χ1) is 3.93. The molecule has 1 heteroatoms. The van der Waals surface area contributed by atoms with E-state index >= 15 is 0 Å². The molecule has 1 aliphatic carbocycles. The van der Waals surface area contributed by atoms with Gasteiger partial charge in [-0.2, -0.15) is 0 Å². The number of hydrogen-bond donors (Lipinski definition) is 1. The molecule has 1 nitrogen and oxygen atoms in total. The van der Waals surface area contributed by atoms with Crippen molar-refractivity contribution in [3.8, 4) is 0 Å². The second-order valence-electron chi connectivity index (χ2n) is 1.85. The van der Waals surface area contributed by atoms with Gasteiger partial charge in [-0.1, -0.05) is 31.2 Å². The van der Waals surface area contributed by atoms with E-state index in [1.165, 1.54) is 0 Å². The number of likely N-dealkylation sites (N-methyl/N-ethyl adjacent to an activating group) is 1. The van der Waals surface area contributed by atoms with Gasteiger partial charge in [0.1, 0.15) is 0 Å². The molecule has 0 unspecified atom stereocenters. The van der Waals surface area contributed by atoms with Crippen molar-refractivity contribution in [1.29, 1.82) is 0 Å². The normalized spacial score (nSPS) is 18.1. The van der Waals surface area contributed by atoms with Crippen LogP contribution in [0.5, 0.6) is 0 Å². The molecule has 0 heterocycles. The van der Waals surface area contributed by atoms with E-state index in [1.807, 2.05) is 0 Å². The Bertz CT molecular complexity index is 102. The molecule has 0 radical (unpaired) electrons. The van der Waals surface area contributed by atoms with E-state index < -0.39 is 0 Å². The average molecular weight is 109 g/mol. The molecule has 0 saturated heterocycles. The molecule has 0 spiro atoms. The molecule has 44 valence electrons. The van der Waals surface area contributed by atoms with Crippen LogP contribution in [0.1, 0.15) is 6.92 Å². The lowest BCUT2D eigenvalue weighted by Crippen LogP contribution is -2.22. The van der Waals surface area contributed by atoms with E-state index in [-0.39, 0.29) is 0 Å². The van der Waals surface area contributed by atoms with Crippen LogP contribution in [-0.2, 0) is 0 Å². The van der Waals surface area contributed by atoms with Crippen molar-refractivity contribution < 1.29 is 0 Å². The zero-order valence-corrected chi connectivity index (χ0v) is 5.09. The molecule has 0 aromatic heterocycles. The summed E-state index contributed by atoms with van der Waals surface area (Å²) in [6.45, 7) is 3.15. The summed E-state index contributed by atoms with van der Waals surface area (Å²) in [5.41, 5.74) is 0. The van der Waals surface area contributed by atoms with E-state index in [1.54, 1.807) is 0 Å². The van der Waals surface area contributed by atoms with Crippen molar-refractivity contribution in [3.63, 3.8) is 0 Å². The molecule has 8 heavy (non-hydrogen) atoms. The van der Waals surface area contributed by atoms with Gasteiger partial charge in [-0.3, -0.25) is 0 Å². The second kappa shape index (κ2) is 2.68. The summed E-state index contributed by atoms with van der Waals surface area (Å²) in [5, 5.41) is 3.27. The highest BCUT2D eigenvalue weighted by Crippen LogP contribution is 1.97. The lowest BCUT2D eigenvalue weighted by Gasteiger charge is -2.02. The Balaban J connectivity index is 2.27. The third kappa shape index (κ3) is 1.20. The van der Waals surface area contributed by atoms with Crippen molar-refractivity contribution in [2.75, 3.05) is 6.54 Å². The summed E-state index contributed by atoms with van der Waals surface area (Å²) >= 11 is 0.